The predicted molar refractivity (Wildman–Crippen MR) is 85.8 cm³/mol. The lowest BCUT2D eigenvalue weighted by Gasteiger charge is -2.12. The Morgan fingerprint density at radius 3 is 2.75 bits per heavy atom. The molecule has 2 rings (SSSR count). The largest absolute Gasteiger partial charge is 0.488 e. The van der Waals surface area contributed by atoms with Crippen LogP contribution in [0.2, 0.25) is 5.02 Å². The van der Waals surface area contributed by atoms with E-state index in [9.17, 15) is 4.39 Å². The fraction of sp³-hybridized carbons (Fsp3) is 0.0714. The van der Waals surface area contributed by atoms with Gasteiger partial charge in [-0.2, -0.15) is 0 Å². The Bertz CT molecular complexity index is 666. The summed E-state index contributed by atoms with van der Waals surface area (Å²) in [6.45, 7) is 0.0568. The molecule has 2 N–H and O–H groups in total. The molecule has 0 aliphatic carbocycles. The lowest BCUT2D eigenvalue weighted by molar-refractivity contribution is 0.299. The lowest BCUT2D eigenvalue weighted by atomic mass is 10.2. The van der Waals surface area contributed by atoms with Crippen LogP contribution in [0, 0.1) is 5.82 Å². The van der Waals surface area contributed by atoms with E-state index in [0.29, 0.717) is 21.9 Å². The van der Waals surface area contributed by atoms with E-state index in [1.807, 2.05) is 0 Å². The lowest BCUT2D eigenvalue weighted by Crippen LogP contribution is -2.12. The van der Waals surface area contributed by atoms with Crippen LogP contribution in [0.4, 0.5) is 4.39 Å². The molecule has 0 aliphatic heterocycles. The van der Waals surface area contributed by atoms with Crippen LogP contribution in [0.3, 0.4) is 0 Å². The van der Waals surface area contributed by atoms with Gasteiger partial charge in [0.1, 0.15) is 23.2 Å². The molecule has 0 saturated heterocycles. The van der Waals surface area contributed by atoms with Crippen LogP contribution >= 0.6 is 39.7 Å². The van der Waals surface area contributed by atoms with E-state index >= 15 is 0 Å². The number of thiocarbonyl (C=S) groups is 1. The van der Waals surface area contributed by atoms with Crippen molar-refractivity contribution < 1.29 is 9.13 Å². The molecule has 0 unspecified atom stereocenters. The normalized spacial score (nSPS) is 10.3. The first-order valence-electron chi connectivity index (χ1n) is 5.63. The maximum Gasteiger partial charge on any atom is 0.131 e. The van der Waals surface area contributed by atoms with E-state index in [4.69, 9.17) is 34.3 Å². The number of rotatable bonds is 4. The first-order chi connectivity index (χ1) is 9.47. The van der Waals surface area contributed by atoms with Crippen molar-refractivity contribution in [3.8, 4) is 5.75 Å². The van der Waals surface area contributed by atoms with E-state index in [0.717, 1.165) is 4.47 Å². The average Bonchev–Trinajstić information content (AvgIpc) is 2.39. The molecular weight excluding hydrogens is 365 g/mol. The molecule has 6 heteroatoms. The van der Waals surface area contributed by atoms with Gasteiger partial charge in [-0.15, -0.1) is 0 Å². The second-order valence-corrected chi connectivity index (χ2v) is 5.82. The van der Waals surface area contributed by atoms with Gasteiger partial charge >= 0.3 is 0 Å². The van der Waals surface area contributed by atoms with E-state index in [2.05, 4.69) is 15.9 Å². The van der Waals surface area contributed by atoms with Crippen LogP contribution < -0.4 is 10.5 Å². The van der Waals surface area contributed by atoms with Gasteiger partial charge in [0.25, 0.3) is 0 Å². The minimum Gasteiger partial charge on any atom is -0.488 e. The van der Waals surface area contributed by atoms with Crippen LogP contribution in [0.15, 0.2) is 40.9 Å². The van der Waals surface area contributed by atoms with Gasteiger partial charge in [0.2, 0.25) is 0 Å². The van der Waals surface area contributed by atoms with Crippen LogP contribution in [0.1, 0.15) is 11.1 Å². The minimum absolute atomic E-state index is 0.0568. The SMILES string of the molecule is NC(=S)c1ccc(Cl)cc1OCc1cc(Br)ccc1F. The summed E-state index contributed by atoms with van der Waals surface area (Å²) in [5, 5.41) is 0.495. The van der Waals surface area contributed by atoms with Crippen LogP contribution in [-0.4, -0.2) is 4.99 Å². The fourth-order valence-corrected chi connectivity index (χ4v) is 2.37. The van der Waals surface area contributed by atoms with Gasteiger partial charge in [-0.1, -0.05) is 39.7 Å². The first-order valence-corrected chi connectivity index (χ1v) is 7.21. The summed E-state index contributed by atoms with van der Waals surface area (Å²) in [7, 11) is 0. The van der Waals surface area contributed by atoms with Gasteiger partial charge in [-0.25, -0.2) is 4.39 Å². The Balaban J connectivity index is 2.24. The Morgan fingerprint density at radius 1 is 1.30 bits per heavy atom. The molecule has 0 aromatic heterocycles. The molecule has 0 bridgehead atoms. The number of ether oxygens (including phenoxy) is 1. The standard InChI is InChI=1S/C14H10BrClFNOS/c15-9-1-4-12(17)8(5-9)7-19-13-6-10(16)2-3-11(13)14(18)20/h1-6H,7H2,(H2,18,20). The van der Waals surface area contributed by atoms with Crippen molar-refractivity contribution in [2.24, 2.45) is 5.73 Å². The molecule has 2 nitrogen and oxygen atoms in total. The molecule has 0 spiro atoms. The van der Waals surface area contributed by atoms with E-state index in [-0.39, 0.29) is 17.4 Å². The summed E-state index contributed by atoms with van der Waals surface area (Å²) in [5.41, 5.74) is 6.61. The van der Waals surface area contributed by atoms with Gasteiger partial charge in [0.05, 0.1) is 5.56 Å². The van der Waals surface area contributed by atoms with Crippen molar-refractivity contribution in [1.29, 1.82) is 0 Å². The highest BCUT2D eigenvalue weighted by molar-refractivity contribution is 9.10. The maximum atomic E-state index is 13.6. The molecule has 0 aliphatic rings. The highest BCUT2D eigenvalue weighted by Crippen LogP contribution is 2.25. The van der Waals surface area contributed by atoms with Crippen LogP contribution in [-0.2, 0) is 6.61 Å². The molecule has 0 atom stereocenters. The number of benzene rings is 2. The van der Waals surface area contributed by atoms with E-state index in [1.165, 1.54) is 6.07 Å². The highest BCUT2D eigenvalue weighted by atomic mass is 79.9. The summed E-state index contributed by atoms with van der Waals surface area (Å²) in [4.78, 5) is 0.200. The molecule has 20 heavy (non-hydrogen) atoms. The predicted octanol–water partition coefficient (Wildman–Crippen LogP) is 4.45. The Morgan fingerprint density at radius 2 is 2.05 bits per heavy atom. The van der Waals surface area contributed by atoms with E-state index < -0.39 is 0 Å². The molecule has 0 saturated carbocycles. The zero-order valence-electron chi connectivity index (χ0n) is 10.2. The molecule has 2 aromatic rings. The second kappa shape index (κ2) is 6.52. The molecular formula is C14H10BrClFNOS. The monoisotopic (exact) mass is 373 g/mol. The quantitative estimate of drug-likeness (QED) is 0.803. The van der Waals surface area contributed by atoms with Crippen molar-refractivity contribution in [3.63, 3.8) is 0 Å². The van der Waals surface area contributed by atoms with Crippen LogP contribution in [0.5, 0.6) is 5.75 Å². The minimum atomic E-state index is -0.341. The Hall–Kier alpha value is -1.17. The number of halogens is 3. The summed E-state index contributed by atoms with van der Waals surface area (Å²) in [6.07, 6.45) is 0. The van der Waals surface area contributed by atoms with Crippen molar-refractivity contribution in [2.75, 3.05) is 0 Å². The number of nitrogens with two attached hydrogens (primary N) is 1. The number of hydrogen-bond donors (Lipinski definition) is 1. The van der Waals surface area contributed by atoms with Crippen molar-refractivity contribution in [3.05, 3.63) is 62.8 Å². The summed E-state index contributed by atoms with van der Waals surface area (Å²) in [6, 6.07) is 9.60. The van der Waals surface area contributed by atoms with Gasteiger partial charge in [-0.3, -0.25) is 0 Å². The van der Waals surface area contributed by atoms with Gasteiger partial charge in [0.15, 0.2) is 0 Å². The third kappa shape index (κ3) is 3.69. The molecule has 0 heterocycles. The average molecular weight is 375 g/mol. The zero-order chi connectivity index (χ0) is 14.7. The Labute approximate surface area is 134 Å². The fourth-order valence-electron chi connectivity index (χ4n) is 1.63. The molecule has 0 amide bonds. The molecule has 104 valence electrons. The highest BCUT2D eigenvalue weighted by Gasteiger charge is 2.09. The van der Waals surface area contributed by atoms with Gasteiger partial charge in [0, 0.05) is 15.1 Å². The topological polar surface area (TPSA) is 35.2 Å². The third-order valence-corrected chi connectivity index (χ3v) is 3.55. The van der Waals surface area contributed by atoms with Crippen LogP contribution in [0.25, 0.3) is 0 Å². The van der Waals surface area contributed by atoms with Crippen molar-refractivity contribution in [1.82, 2.24) is 0 Å². The third-order valence-electron chi connectivity index (χ3n) is 2.60. The smallest absolute Gasteiger partial charge is 0.131 e. The zero-order valence-corrected chi connectivity index (χ0v) is 13.4. The van der Waals surface area contributed by atoms with Gasteiger partial charge in [-0.05, 0) is 36.4 Å². The van der Waals surface area contributed by atoms with Crippen molar-refractivity contribution in [2.45, 2.75) is 6.61 Å². The summed E-state index contributed by atoms with van der Waals surface area (Å²) in [5.74, 6) is 0.0940. The first kappa shape index (κ1) is 15.2. The second-order valence-electron chi connectivity index (χ2n) is 4.03. The molecule has 2 aromatic carbocycles. The Kier molecular flexibility index (Phi) is 4.96. The van der Waals surface area contributed by atoms with E-state index in [1.54, 1.807) is 30.3 Å². The molecule has 0 fully saturated rings. The summed E-state index contributed by atoms with van der Waals surface area (Å²) >= 11 is 14.1. The van der Waals surface area contributed by atoms with Crippen molar-refractivity contribution >= 4 is 44.7 Å². The van der Waals surface area contributed by atoms with Gasteiger partial charge < -0.3 is 10.5 Å². The summed E-state index contributed by atoms with van der Waals surface area (Å²) < 4.78 is 20.0. The molecule has 0 radical (unpaired) electrons. The number of hydrogen-bond acceptors (Lipinski definition) is 2. The maximum absolute atomic E-state index is 13.6.